The first-order valence-corrected chi connectivity index (χ1v) is 9.15. The molecule has 0 unspecified atom stereocenters. The molecule has 1 aliphatic heterocycles. The fraction of sp³-hybridized carbons (Fsp3) is 0.286. The predicted octanol–water partition coefficient (Wildman–Crippen LogP) is 3.40. The minimum absolute atomic E-state index is 0.174. The zero-order valence-corrected chi connectivity index (χ0v) is 15.0. The largest absolute Gasteiger partial charge is 0.437 e. The van der Waals surface area contributed by atoms with Crippen molar-refractivity contribution < 1.29 is 9.82 Å². The highest BCUT2D eigenvalue weighted by atomic mass is 16.2. The van der Waals surface area contributed by atoms with Crippen LogP contribution in [0.1, 0.15) is 22.3 Å². The number of nitrogens with one attached hydrogen (secondary N) is 1. The molecular weight excluding hydrogens is 323 g/mol. The molecule has 0 spiro atoms. The van der Waals surface area contributed by atoms with Crippen molar-refractivity contribution in [3.63, 3.8) is 0 Å². The Balaban J connectivity index is 1.71. The smallest absolute Gasteiger partial charge is 0.376 e. The molecule has 26 heavy (non-hydrogen) atoms. The first kappa shape index (κ1) is 17.1. The van der Waals surface area contributed by atoms with Crippen molar-refractivity contribution >= 4 is 23.7 Å². The molecule has 0 bridgehead atoms. The second kappa shape index (κ2) is 6.74. The number of hydrogen-bond acceptors (Lipinski definition) is 3. The van der Waals surface area contributed by atoms with Crippen LogP contribution >= 0.6 is 0 Å². The van der Waals surface area contributed by atoms with E-state index in [0.717, 1.165) is 35.0 Å². The van der Waals surface area contributed by atoms with E-state index >= 15 is 0 Å². The third-order valence-electron chi connectivity index (χ3n) is 5.59. The lowest BCUT2D eigenvalue weighted by Gasteiger charge is -2.29. The number of fused-ring (bicyclic) bond motifs is 1. The van der Waals surface area contributed by atoms with Gasteiger partial charge < -0.3 is 14.8 Å². The van der Waals surface area contributed by atoms with Crippen molar-refractivity contribution in [1.29, 1.82) is 0 Å². The number of carbonyl (C=O) groups excluding carboxylic acids is 1. The van der Waals surface area contributed by atoms with Crippen LogP contribution in [0.2, 0.25) is 6.82 Å². The van der Waals surface area contributed by atoms with Crippen LogP contribution in [0.15, 0.2) is 60.8 Å². The van der Waals surface area contributed by atoms with Crippen molar-refractivity contribution in [3.05, 3.63) is 71.9 Å². The standard InChI is InChI=1S/C21H23BN2O2/c1-22(26)24-12-10-21(15-24,14-16-5-3-2-4-6-16)20(25)18-7-8-19-17(13-18)9-11-23-19/h2-9,11,13,23,26H,10,12,14-15H2,1H3/t21-/m1/s1. The van der Waals surface area contributed by atoms with Crippen LogP contribution in [-0.2, 0) is 6.42 Å². The molecule has 1 saturated heterocycles. The molecule has 132 valence electrons. The normalized spacial score (nSPS) is 20.5. The summed E-state index contributed by atoms with van der Waals surface area (Å²) in [6, 6.07) is 18.0. The lowest BCUT2D eigenvalue weighted by molar-refractivity contribution is 0.0807. The SMILES string of the molecule is CB(O)N1CC[C@](Cc2ccccc2)(C(=O)c2ccc3[nH]ccc3c2)C1. The van der Waals surface area contributed by atoms with Gasteiger partial charge in [-0.1, -0.05) is 30.3 Å². The number of aromatic amines is 1. The maximum atomic E-state index is 13.6. The van der Waals surface area contributed by atoms with Crippen LogP contribution < -0.4 is 0 Å². The van der Waals surface area contributed by atoms with Gasteiger partial charge in [-0.2, -0.15) is 0 Å². The molecule has 0 amide bonds. The third-order valence-corrected chi connectivity index (χ3v) is 5.59. The van der Waals surface area contributed by atoms with Crippen LogP contribution in [0.3, 0.4) is 0 Å². The van der Waals surface area contributed by atoms with Gasteiger partial charge in [-0.3, -0.25) is 4.79 Å². The van der Waals surface area contributed by atoms with Crippen LogP contribution in [0.25, 0.3) is 10.9 Å². The van der Waals surface area contributed by atoms with E-state index in [1.165, 1.54) is 0 Å². The maximum absolute atomic E-state index is 13.6. The Bertz CT molecular complexity index is 922. The van der Waals surface area contributed by atoms with Crippen LogP contribution in [-0.4, -0.2) is 40.7 Å². The van der Waals surface area contributed by atoms with Gasteiger partial charge in [0, 0.05) is 29.2 Å². The van der Waals surface area contributed by atoms with E-state index in [4.69, 9.17) is 0 Å². The van der Waals surface area contributed by atoms with Crippen LogP contribution in [0.4, 0.5) is 0 Å². The van der Waals surface area contributed by atoms with Crippen molar-refractivity contribution in [1.82, 2.24) is 9.79 Å². The molecule has 1 aliphatic rings. The zero-order valence-electron chi connectivity index (χ0n) is 15.0. The maximum Gasteiger partial charge on any atom is 0.376 e. The third kappa shape index (κ3) is 3.09. The molecule has 2 N–H and O–H groups in total. The fourth-order valence-electron chi connectivity index (χ4n) is 4.12. The number of benzene rings is 2. The summed E-state index contributed by atoms with van der Waals surface area (Å²) in [5.74, 6) is 0.174. The number of hydrogen-bond donors (Lipinski definition) is 2. The van der Waals surface area contributed by atoms with Gasteiger partial charge in [-0.25, -0.2) is 0 Å². The van der Waals surface area contributed by atoms with Gasteiger partial charge >= 0.3 is 7.05 Å². The molecule has 1 aromatic heterocycles. The highest BCUT2D eigenvalue weighted by Gasteiger charge is 2.46. The molecular formula is C21H23BN2O2. The summed E-state index contributed by atoms with van der Waals surface area (Å²) in [5, 5.41) is 11.1. The lowest BCUT2D eigenvalue weighted by atomic mass is 9.74. The average Bonchev–Trinajstić information content (AvgIpc) is 3.29. The number of carbonyl (C=O) groups is 1. The number of rotatable bonds is 5. The molecule has 0 saturated carbocycles. The van der Waals surface area contributed by atoms with Gasteiger partial charge in [0.1, 0.15) is 0 Å². The molecule has 3 aromatic rings. The first-order valence-electron chi connectivity index (χ1n) is 9.15. The minimum Gasteiger partial charge on any atom is -0.437 e. The fourth-order valence-corrected chi connectivity index (χ4v) is 4.12. The summed E-state index contributed by atoms with van der Waals surface area (Å²) in [5.41, 5.74) is 2.45. The molecule has 2 aromatic carbocycles. The highest BCUT2D eigenvalue weighted by Crippen LogP contribution is 2.38. The molecule has 2 heterocycles. The quantitative estimate of drug-likeness (QED) is 0.550. The number of aromatic nitrogens is 1. The summed E-state index contributed by atoms with van der Waals surface area (Å²) in [7, 11) is -0.535. The van der Waals surface area contributed by atoms with E-state index in [1.54, 1.807) is 6.82 Å². The van der Waals surface area contributed by atoms with E-state index in [0.29, 0.717) is 13.0 Å². The molecule has 4 rings (SSSR count). The van der Waals surface area contributed by atoms with Crippen molar-refractivity contribution in [2.24, 2.45) is 5.41 Å². The van der Waals surface area contributed by atoms with E-state index in [2.05, 4.69) is 17.1 Å². The second-order valence-corrected chi connectivity index (χ2v) is 7.40. The molecule has 1 fully saturated rings. The summed E-state index contributed by atoms with van der Waals surface area (Å²) < 4.78 is 0. The molecule has 5 heteroatoms. The Kier molecular flexibility index (Phi) is 4.43. The van der Waals surface area contributed by atoms with Crippen molar-refractivity contribution in [3.8, 4) is 0 Å². The molecule has 0 aliphatic carbocycles. The first-order chi connectivity index (χ1) is 12.6. The summed E-state index contributed by atoms with van der Waals surface area (Å²) >= 11 is 0. The van der Waals surface area contributed by atoms with Gasteiger partial charge in [-0.05, 0) is 56.0 Å². The Morgan fingerprint density at radius 2 is 2.04 bits per heavy atom. The summed E-state index contributed by atoms with van der Waals surface area (Å²) in [6.07, 6.45) is 3.35. The second-order valence-electron chi connectivity index (χ2n) is 7.40. The monoisotopic (exact) mass is 346 g/mol. The minimum atomic E-state index is -0.535. The molecule has 4 nitrogen and oxygen atoms in total. The van der Waals surface area contributed by atoms with Gasteiger partial charge in [-0.15, -0.1) is 0 Å². The van der Waals surface area contributed by atoms with Crippen LogP contribution in [0, 0.1) is 5.41 Å². The average molecular weight is 346 g/mol. The Morgan fingerprint density at radius 3 is 2.77 bits per heavy atom. The Morgan fingerprint density at radius 1 is 1.23 bits per heavy atom. The summed E-state index contributed by atoms with van der Waals surface area (Å²) in [6.45, 7) is 3.10. The Labute approximate surface area is 154 Å². The van der Waals surface area contributed by atoms with Crippen LogP contribution in [0.5, 0.6) is 0 Å². The Hall–Kier alpha value is -2.37. The lowest BCUT2D eigenvalue weighted by Crippen LogP contribution is -2.41. The zero-order chi connectivity index (χ0) is 18.1. The highest BCUT2D eigenvalue weighted by molar-refractivity contribution is 6.45. The van der Waals surface area contributed by atoms with Crippen molar-refractivity contribution in [2.75, 3.05) is 13.1 Å². The van der Waals surface area contributed by atoms with Gasteiger partial charge in [0.05, 0.1) is 5.41 Å². The van der Waals surface area contributed by atoms with E-state index < -0.39 is 12.5 Å². The molecule has 1 atom stereocenters. The van der Waals surface area contributed by atoms with Gasteiger partial charge in [0.25, 0.3) is 0 Å². The predicted molar refractivity (Wildman–Crippen MR) is 105 cm³/mol. The van der Waals surface area contributed by atoms with E-state index in [9.17, 15) is 9.82 Å². The summed E-state index contributed by atoms with van der Waals surface area (Å²) in [4.78, 5) is 18.8. The van der Waals surface area contributed by atoms with Gasteiger partial charge in [0.15, 0.2) is 5.78 Å². The topological polar surface area (TPSA) is 56.3 Å². The number of Topliss-reactive ketones (excluding diaryl/α,β-unsaturated/α-hetero) is 1. The van der Waals surface area contributed by atoms with E-state index in [1.807, 2.05) is 53.5 Å². The number of nitrogens with zero attached hydrogens (tertiary/aromatic N) is 1. The number of ketones is 1. The number of H-pyrrole nitrogens is 1. The molecule has 0 radical (unpaired) electrons. The van der Waals surface area contributed by atoms with E-state index in [-0.39, 0.29) is 5.78 Å². The van der Waals surface area contributed by atoms with Crippen molar-refractivity contribution in [2.45, 2.75) is 19.7 Å². The van der Waals surface area contributed by atoms with Gasteiger partial charge in [0.2, 0.25) is 0 Å².